The zero-order valence-electron chi connectivity index (χ0n) is 39.2. The molecule has 10 rings (SSSR count). The SMILES string of the molecule is CC(=O)O[C@H]1CC[C@@]2(C)C(=CC[C@@H]3[C@@H]2CC[C@]2(C)C(c4ccccc4)=CC[C@@H]32)C1.C[C@]12CC[C@H](O)CC1=CC[C@@H]1[C@@H]2CC[C@]2(C)C(c3ccccc3)=CC[C@@H]12.O=CO[O-].[H-].[K+].[K+]. The second kappa shape index (κ2) is 20.6. The van der Waals surface area contributed by atoms with Crippen molar-refractivity contribution in [3.63, 3.8) is 0 Å². The summed E-state index contributed by atoms with van der Waals surface area (Å²) < 4.78 is 5.58. The summed E-state index contributed by atoms with van der Waals surface area (Å²) in [6.45, 7) is 11.5. The van der Waals surface area contributed by atoms with Gasteiger partial charge in [0.25, 0.3) is 6.47 Å². The molecule has 12 atom stereocenters. The van der Waals surface area contributed by atoms with E-state index in [0.717, 1.165) is 61.2 Å². The van der Waals surface area contributed by atoms with Crippen molar-refractivity contribution in [1.82, 2.24) is 0 Å². The molecule has 2 aromatic carbocycles. The van der Waals surface area contributed by atoms with Crippen molar-refractivity contribution in [2.75, 3.05) is 0 Å². The van der Waals surface area contributed by atoms with Crippen LogP contribution in [0.25, 0.3) is 11.1 Å². The summed E-state index contributed by atoms with van der Waals surface area (Å²) in [6, 6.07) is 22.2. The minimum absolute atomic E-state index is 0. The Labute approximate surface area is 452 Å². The van der Waals surface area contributed by atoms with Crippen LogP contribution in [-0.2, 0) is 19.2 Å². The number of benzene rings is 2. The zero-order chi connectivity index (χ0) is 41.6. The van der Waals surface area contributed by atoms with E-state index in [1.54, 1.807) is 29.2 Å². The topological polar surface area (TPSA) is 95.9 Å². The van der Waals surface area contributed by atoms with Gasteiger partial charge in [0.15, 0.2) is 0 Å². The Morgan fingerprint density at radius 2 is 1.07 bits per heavy atom. The van der Waals surface area contributed by atoms with E-state index in [1.807, 2.05) is 0 Å². The van der Waals surface area contributed by atoms with Crippen molar-refractivity contribution in [3.05, 3.63) is 107 Å². The summed E-state index contributed by atoms with van der Waals surface area (Å²) in [5.41, 5.74) is 10.5. The Morgan fingerprint density at radius 1 is 0.639 bits per heavy atom. The number of carbonyl (C=O) groups excluding carboxylic acids is 2. The molecule has 6 nitrogen and oxygen atoms in total. The quantitative estimate of drug-likeness (QED) is 0.114. The number of fused-ring (bicyclic) bond motifs is 10. The summed E-state index contributed by atoms with van der Waals surface area (Å²) in [5, 5.41) is 18.6. The van der Waals surface area contributed by atoms with Crippen LogP contribution in [-0.4, -0.2) is 29.8 Å². The molecular formula is C53H68K2O6. The molecule has 2 aromatic rings. The summed E-state index contributed by atoms with van der Waals surface area (Å²) in [7, 11) is 0. The molecule has 0 bridgehead atoms. The Hall–Kier alpha value is -0.467. The number of esters is 1. The Kier molecular flexibility index (Phi) is 16.9. The number of allylic oxidation sites excluding steroid dienone is 6. The van der Waals surface area contributed by atoms with Crippen LogP contribution >= 0.6 is 0 Å². The maximum absolute atomic E-state index is 11.4. The molecule has 0 aromatic heterocycles. The molecule has 0 aliphatic heterocycles. The largest absolute Gasteiger partial charge is 1.00 e. The molecule has 0 radical (unpaired) electrons. The molecule has 0 spiro atoms. The molecule has 0 saturated heterocycles. The van der Waals surface area contributed by atoms with Gasteiger partial charge in [0.05, 0.1) is 6.10 Å². The number of ether oxygens (including phenoxy) is 1. The third kappa shape index (κ3) is 9.43. The van der Waals surface area contributed by atoms with Crippen LogP contribution in [0, 0.1) is 57.2 Å². The number of rotatable bonds is 4. The van der Waals surface area contributed by atoms with E-state index in [2.05, 4.69) is 118 Å². The predicted molar refractivity (Wildman–Crippen MR) is 233 cm³/mol. The van der Waals surface area contributed by atoms with Crippen molar-refractivity contribution in [3.8, 4) is 0 Å². The van der Waals surface area contributed by atoms with Gasteiger partial charge in [-0.2, -0.15) is 0 Å². The fraction of sp³-hybridized carbons (Fsp3) is 0.585. The minimum Gasteiger partial charge on any atom is -1.00 e. The minimum atomic E-state index is -0.181. The fourth-order valence-electron chi connectivity index (χ4n) is 14.9. The average Bonchev–Trinajstić information content (AvgIpc) is 3.79. The molecule has 318 valence electrons. The van der Waals surface area contributed by atoms with Crippen LogP contribution in [0.4, 0.5) is 0 Å². The van der Waals surface area contributed by atoms with Gasteiger partial charge in [0.1, 0.15) is 6.10 Å². The molecule has 8 heteroatoms. The third-order valence-electron chi connectivity index (χ3n) is 17.8. The van der Waals surface area contributed by atoms with Crippen LogP contribution in [0.5, 0.6) is 0 Å². The van der Waals surface area contributed by atoms with Crippen LogP contribution in [0.1, 0.15) is 137 Å². The molecule has 0 unspecified atom stereocenters. The zero-order valence-corrected chi connectivity index (χ0v) is 44.4. The van der Waals surface area contributed by atoms with Gasteiger partial charge in [0, 0.05) is 13.3 Å². The second-order valence-electron chi connectivity index (χ2n) is 20.4. The third-order valence-corrected chi connectivity index (χ3v) is 17.8. The van der Waals surface area contributed by atoms with E-state index in [9.17, 15) is 9.90 Å². The van der Waals surface area contributed by atoms with Gasteiger partial charge in [-0.1, -0.05) is 124 Å². The van der Waals surface area contributed by atoms with Gasteiger partial charge in [0.2, 0.25) is 0 Å². The fourth-order valence-corrected chi connectivity index (χ4v) is 14.9. The summed E-state index contributed by atoms with van der Waals surface area (Å²) >= 11 is 0. The summed E-state index contributed by atoms with van der Waals surface area (Å²) in [6.07, 6.45) is 26.7. The monoisotopic (exact) mass is 878 g/mol. The van der Waals surface area contributed by atoms with Gasteiger partial charge in [-0.25, -0.2) is 0 Å². The van der Waals surface area contributed by atoms with Crippen LogP contribution in [0.15, 0.2) is 96.1 Å². The van der Waals surface area contributed by atoms with E-state index >= 15 is 0 Å². The van der Waals surface area contributed by atoms with Crippen LogP contribution in [0.2, 0.25) is 0 Å². The summed E-state index contributed by atoms with van der Waals surface area (Å²) in [4.78, 5) is 22.7. The van der Waals surface area contributed by atoms with Gasteiger partial charge >= 0.3 is 109 Å². The van der Waals surface area contributed by atoms with Crippen molar-refractivity contribution < 1.29 is 134 Å². The number of carbonyl (C=O) groups is 2. The first-order valence-electron chi connectivity index (χ1n) is 22.8. The van der Waals surface area contributed by atoms with Crippen molar-refractivity contribution in [2.24, 2.45) is 57.2 Å². The molecule has 1 N–H and O–H groups in total. The van der Waals surface area contributed by atoms with E-state index < -0.39 is 0 Å². The normalized spacial score (nSPS) is 38.7. The Morgan fingerprint density at radius 3 is 1.51 bits per heavy atom. The van der Waals surface area contributed by atoms with Crippen LogP contribution < -0.4 is 108 Å². The molecule has 4 saturated carbocycles. The maximum Gasteiger partial charge on any atom is 1.00 e. The first-order valence-corrected chi connectivity index (χ1v) is 22.8. The number of aliphatic hydroxyl groups is 1. The van der Waals surface area contributed by atoms with Gasteiger partial charge < -0.3 is 21.4 Å². The molecule has 4 fully saturated rings. The number of hydrogen-bond acceptors (Lipinski definition) is 6. The number of aliphatic hydroxyl groups excluding tert-OH is 1. The second-order valence-corrected chi connectivity index (χ2v) is 20.4. The van der Waals surface area contributed by atoms with Crippen molar-refractivity contribution >= 4 is 23.6 Å². The molecular weight excluding hydrogens is 811 g/mol. The van der Waals surface area contributed by atoms with Crippen molar-refractivity contribution in [2.45, 2.75) is 137 Å². The Bertz CT molecular complexity index is 2000. The van der Waals surface area contributed by atoms with E-state index in [1.165, 1.54) is 75.3 Å². The predicted octanol–water partition coefficient (Wildman–Crippen LogP) is 5.13. The summed E-state index contributed by atoms with van der Waals surface area (Å²) in [5.74, 6) is 4.61. The molecule has 0 amide bonds. The van der Waals surface area contributed by atoms with Gasteiger partial charge in [-0.3, -0.25) is 9.59 Å². The van der Waals surface area contributed by atoms with E-state index in [-0.39, 0.29) is 129 Å². The number of hydrogen-bond donors (Lipinski definition) is 1. The van der Waals surface area contributed by atoms with E-state index in [4.69, 9.17) is 14.8 Å². The first-order chi connectivity index (χ1) is 28.4. The van der Waals surface area contributed by atoms with Gasteiger partial charge in [-0.15, -0.1) is 0 Å². The molecule has 8 aliphatic carbocycles. The molecule has 0 heterocycles. The van der Waals surface area contributed by atoms with Crippen molar-refractivity contribution in [1.29, 1.82) is 0 Å². The standard InChI is InChI=1S/C27H34O2.C25H32O.CH2O3.2K.H/c1-18(28)29-21-13-15-26(2)20(17-21)9-10-22-24-12-11-23(19-7-5-4-6-8-19)27(24,3)16-14-25(22)26;1-24-14-12-19(26)16-18(24)8-9-20-22-11-10-21(17-6-4-3-5-7-17)25(22,2)15-13-23(20)24;2-1-4-3;;;/h4-9,11,21-22,24-25H,10,12-17H2,1-3H3;3-8,10,19-20,22-23,26H,9,11-16H2,1-2H3;1,3H;;;/q;;;2*+1;-1/p-1/t21-,22-,24-,25-,26-,27+;19-,20-,22-,23-,24-,25+;;;;/m00..../s1. The first kappa shape index (κ1) is 50.0. The maximum atomic E-state index is 11.4. The van der Waals surface area contributed by atoms with E-state index in [0.29, 0.717) is 21.7 Å². The Balaban J connectivity index is 0.000000207. The smallest absolute Gasteiger partial charge is 1.00 e. The van der Waals surface area contributed by atoms with Gasteiger partial charge in [-0.05, 0) is 163 Å². The molecule has 8 aliphatic rings. The van der Waals surface area contributed by atoms with Crippen LogP contribution in [0.3, 0.4) is 0 Å². The molecule has 61 heavy (non-hydrogen) atoms. The average molecular weight is 879 g/mol.